The summed E-state index contributed by atoms with van der Waals surface area (Å²) in [5.41, 5.74) is 0.586. The third kappa shape index (κ3) is 3.37. The molecule has 2 rings (SSSR count). The second-order valence-electron chi connectivity index (χ2n) is 4.25. The van der Waals surface area contributed by atoms with E-state index in [1.807, 2.05) is 19.1 Å². The molecule has 0 spiro atoms. The van der Waals surface area contributed by atoms with Crippen LogP contribution in [0.1, 0.15) is 17.3 Å². The zero-order chi connectivity index (χ0) is 15.0. The zero-order valence-corrected chi connectivity index (χ0v) is 17.6. The van der Waals surface area contributed by atoms with Crippen LogP contribution in [-0.4, -0.2) is 39.1 Å². The van der Waals surface area contributed by atoms with Crippen molar-refractivity contribution in [3.63, 3.8) is 0 Å². The third-order valence-corrected chi connectivity index (χ3v) is 7.85. The number of thioether (sulfide) groups is 1. The van der Waals surface area contributed by atoms with Gasteiger partial charge in [0.15, 0.2) is 0 Å². The van der Waals surface area contributed by atoms with Crippen LogP contribution in [-0.2, 0) is 4.79 Å². The number of amides is 1. The molecular formula is C12H10I3NO3S. The molecule has 1 aliphatic heterocycles. The number of hydrogen-bond acceptors (Lipinski definition) is 3. The Bertz CT molecular complexity index is 581. The number of carbonyl (C=O) groups excluding carboxylic acids is 1. The van der Waals surface area contributed by atoms with E-state index < -0.39 is 12.0 Å². The molecule has 1 aromatic rings. The van der Waals surface area contributed by atoms with Crippen molar-refractivity contribution in [3.05, 3.63) is 28.4 Å². The predicted molar refractivity (Wildman–Crippen MR) is 104 cm³/mol. The molecule has 0 radical (unpaired) electrons. The number of rotatable bonds is 2. The lowest BCUT2D eigenvalue weighted by molar-refractivity contribution is -0.141. The molecule has 1 aromatic carbocycles. The largest absolute Gasteiger partial charge is 0.480 e. The lowest BCUT2D eigenvalue weighted by Gasteiger charge is -2.25. The molecule has 1 heterocycles. The molecular weight excluding hydrogens is 619 g/mol. The molecule has 0 saturated carbocycles. The first-order valence-corrected chi connectivity index (χ1v) is 9.93. The van der Waals surface area contributed by atoms with E-state index in [1.165, 1.54) is 16.7 Å². The Labute approximate surface area is 161 Å². The van der Waals surface area contributed by atoms with Gasteiger partial charge in [-0.25, -0.2) is 4.79 Å². The van der Waals surface area contributed by atoms with Crippen molar-refractivity contribution >= 4 is 91.4 Å². The molecule has 0 aromatic heterocycles. The van der Waals surface area contributed by atoms with Crippen LogP contribution in [0.4, 0.5) is 0 Å². The van der Waals surface area contributed by atoms with Gasteiger partial charge in [-0.2, -0.15) is 0 Å². The summed E-state index contributed by atoms with van der Waals surface area (Å²) in [6, 6.07) is 3.08. The van der Waals surface area contributed by atoms with Crippen molar-refractivity contribution < 1.29 is 14.7 Å². The van der Waals surface area contributed by atoms with Crippen LogP contribution < -0.4 is 0 Å². The van der Waals surface area contributed by atoms with Crippen molar-refractivity contribution in [1.82, 2.24) is 4.90 Å². The van der Waals surface area contributed by atoms with Crippen molar-refractivity contribution in [1.29, 1.82) is 0 Å². The van der Waals surface area contributed by atoms with Gasteiger partial charge in [-0.05, 0) is 86.8 Å². The van der Waals surface area contributed by atoms with E-state index in [0.29, 0.717) is 11.3 Å². The zero-order valence-electron chi connectivity index (χ0n) is 10.3. The van der Waals surface area contributed by atoms with E-state index in [9.17, 15) is 14.7 Å². The molecule has 1 aliphatic rings. The molecule has 2 unspecified atom stereocenters. The minimum Gasteiger partial charge on any atom is -0.480 e. The minimum absolute atomic E-state index is 0.116. The molecule has 1 amide bonds. The van der Waals surface area contributed by atoms with Gasteiger partial charge < -0.3 is 10.0 Å². The Kier molecular flexibility index (Phi) is 5.85. The molecule has 0 bridgehead atoms. The van der Waals surface area contributed by atoms with Gasteiger partial charge in [0.2, 0.25) is 0 Å². The SMILES string of the molecule is CC1SCC(C(=O)O)N1C(=O)c1cc(I)cc(I)c1I. The minimum atomic E-state index is -0.939. The summed E-state index contributed by atoms with van der Waals surface area (Å²) in [6.07, 6.45) is 0. The summed E-state index contributed by atoms with van der Waals surface area (Å²) in [4.78, 5) is 25.5. The predicted octanol–water partition coefficient (Wildman–Crippen LogP) is 3.49. The van der Waals surface area contributed by atoms with Crippen molar-refractivity contribution in [2.45, 2.75) is 18.3 Å². The molecule has 108 valence electrons. The maximum atomic E-state index is 12.7. The molecule has 8 heteroatoms. The first-order chi connectivity index (χ1) is 9.32. The number of carboxylic acid groups (broad SMARTS) is 1. The average Bonchev–Trinajstić information content (AvgIpc) is 2.75. The lowest BCUT2D eigenvalue weighted by atomic mass is 10.1. The Morgan fingerprint density at radius 3 is 2.60 bits per heavy atom. The molecule has 1 saturated heterocycles. The second kappa shape index (κ2) is 6.86. The highest BCUT2D eigenvalue weighted by molar-refractivity contribution is 14.1. The fraction of sp³-hybridized carbons (Fsp3) is 0.333. The fourth-order valence-corrected chi connectivity index (χ4v) is 5.55. The highest BCUT2D eigenvalue weighted by atomic mass is 127. The van der Waals surface area contributed by atoms with Gasteiger partial charge in [0.05, 0.1) is 10.9 Å². The van der Waals surface area contributed by atoms with Crippen LogP contribution in [0.2, 0.25) is 0 Å². The highest BCUT2D eigenvalue weighted by Crippen LogP contribution is 2.32. The van der Waals surface area contributed by atoms with Crippen LogP contribution in [0.3, 0.4) is 0 Å². The van der Waals surface area contributed by atoms with Crippen LogP contribution in [0.25, 0.3) is 0 Å². The van der Waals surface area contributed by atoms with E-state index in [1.54, 1.807) is 0 Å². The highest BCUT2D eigenvalue weighted by Gasteiger charge is 2.40. The Morgan fingerprint density at radius 2 is 2.00 bits per heavy atom. The van der Waals surface area contributed by atoms with Gasteiger partial charge in [-0.3, -0.25) is 4.79 Å². The number of nitrogens with zero attached hydrogens (tertiary/aromatic N) is 1. The van der Waals surface area contributed by atoms with Crippen LogP contribution in [0.15, 0.2) is 12.1 Å². The van der Waals surface area contributed by atoms with Crippen molar-refractivity contribution in [2.75, 3.05) is 5.75 Å². The van der Waals surface area contributed by atoms with Crippen LogP contribution in [0.5, 0.6) is 0 Å². The van der Waals surface area contributed by atoms with Gasteiger partial charge in [0.1, 0.15) is 6.04 Å². The topological polar surface area (TPSA) is 57.6 Å². The number of carbonyl (C=O) groups is 2. The summed E-state index contributed by atoms with van der Waals surface area (Å²) < 4.78 is 2.86. The first-order valence-electron chi connectivity index (χ1n) is 5.64. The van der Waals surface area contributed by atoms with E-state index >= 15 is 0 Å². The molecule has 0 aliphatic carbocycles. The Hall–Kier alpha value is 0.700. The Morgan fingerprint density at radius 1 is 1.35 bits per heavy atom. The third-order valence-electron chi connectivity index (χ3n) is 2.97. The van der Waals surface area contributed by atoms with E-state index in [4.69, 9.17) is 0 Å². The smallest absolute Gasteiger partial charge is 0.327 e. The standard InChI is InChI=1S/C12H10I3NO3S/c1-5-16(9(4-20-5)12(18)19)11(17)7-2-6(13)3-8(14)10(7)15/h2-3,5,9H,4H2,1H3,(H,18,19). The van der Waals surface area contributed by atoms with E-state index in [0.717, 1.165) is 10.7 Å². The fourth-order valence-electron chi connectivity index (χ4n) is 1.99. The lowest BCUT2D eigenvalue weighted by Crippen LogP contribution is -2.45. The molecule has 2 atom stereocenters. The maximum absolute atomic E-state index is 12.7. The Balaban J connectivity index is 2.42. The van der Waals surface area contributed by atoms with Crippen LogP contribution in [0, 0.1) is 10.7 Å². The van der Waals surface area contributed by atoms with Crippen LogP contribution >= 0.6 is 79.5 Å². The van der Waals surface area contributed by atoms with Crippen molar-refractivity contribution in [2.24, 2.45) is 0 Å². The molecule has 1 fully saturated rings. The summed E-state index contributed by atoms with van der Waals surface area (Å²) in [5, 5.41) is 9.15. The number of halogens is 3. The molecule has 1 N–H and O–H groups in total. The molecule has 4 nitrogen and oxygen atoms in total. The van der Waals surface area contributed by atoms with Gasteiger partial charge in [-0.15, -0.1) is 11.8 Å². The maximum Gasteiger partial charge on any atom is 0.327 e. The van der Waals surface area contributed by atoms with Gasteiger partial charge in [0, 0.05) is 16.5 Å². The van der Waals surface area contributed by atoms with Crippen molar-refractivity contribution in [3.8, 4) is 0 Å². The van der Waals surface area contributed by atoms with Gasteiger partial charge >= 0.3 is 5.97 Å². The summed E-state index contributed by atoms with van der Waals surface area (Å²) in [6.45, 7) is 1.87. The summed E-state index contributed by atoms with van der Waals surface area (Å²) >= 11 is 8.00. The second-order valence-corrected chi connectivity index (χ2v) is 9.08. The van der Waals surface area contributed by atoms with E-state index in [-0.39, 0.29) is 11.3 Å². The first kappa shape index (κ1) is 17.1. The van der Waals surface area contributed by atoms with E-state index in [2.05, 4.69) is 67.8 Å². The monoisotopic (exact) mass is 629 g/mol. The quantitative estimate of drug-likeness (QED) is 0.403. The number of benzene rings is 1. The number of carboxylic acids is 1. The average molecular weight is 629 g/mol. The number of aliphatic carboxylic acids is 1. The van der Waals surface area contributed by atoms with Gasteiger partial charge in [-0.1, -0.05) is 0 Å². The normalized spacial score (nSPS) is 22.1. The summed E-state index contributed by atoms with van der Waals surface area (Å²) in [7, 11) is 0. The van der Waals surface area contributed by atoms with Gasteiger partial charge in [0.25, 0.3) is 5.91 Å². The summed E-state index contributed by atoms with van der Waals surface area (Å²) in [5.74, 6) is -0.693. The number of hydrogen-bond donors (Lipinski definition) is 1. The molecule has 20 heavy (non-hydrogen) atoms.